The second kappa shape index (κ2) is 4.10. The lowest BCUT2D eigenvalue weighted by Gasteiger charge is -2.04. The summed E-state index contributed by atoms with van der Waals surface area (Å²) in [7, 11) is 0. The maximum absolute atomic E-state index is 13.1. The number of aromatic carboxylic acids is 1. The summed E-state index contributed by atoms with van der Waals surface area (Å²) in [4.78, 5) is 10.9. The predicted octanol–water partition coefficient (Wildman–Crippen LogP) is 1.74. The summed E-state index contributed by atoms with van der Waals surface area (Å²) in [6.45, 7) is 1.47. The summed E-state index contributed by atoms with van der Waals surface area (Å²) in [5.41, 5.74) is 5.83. The highest BCUT2D eigenvalue weighted by Gasteiger charge is 2.20. The molecule has 1 heterocycles. The fourth-order valence-electron chi connectivity index (χ4n) is 1.62. The molecule has 3 N–H and O–H groups in total. The van der Waals surface area contributed by atoms with Gasteiger partial charge in [0, 0.05) is 6.07 Å². The van der Waals surface area contributed by atoms with Crippen molar-refractivity contribution in [2.45, 2.75) is 6.92 Å². The lowest BCUT2D eigenvalue weighted by Crippen LogP contribution is -2.06. The van der Waals surface area contributed by atoms with Gasteiger partial charge in [0.05, 0.1) is 11.4 Å². The molecule has 0 aliphatic rings. The SMILES string of the molecule is Cc1nn(-c2ccc(F)c(F)c2)c(N)c1C(=O)O. The van der Waals surface area contributed by atoms with Crippen LogP contribution in [0.3, 0.4) is 0 Å². The molecule has 0 amide bonds. The van der Waals surface area contributed by atoms with E-state index in [1.54, 1.807) is 0 Å². The second-order valence-corrected chi connectivity index (χ2v) is 3.66. The van der Waals surface area contributed by atoms with Crippen molar-refractivity contribution in [3.8, 4) is 5.69 Å². The molecule has 0 saturated heterocycles. The number of benzene rings is 1. The van der Waals surface area contributed by atoms with Crippen molar-refractivity contribution < 1.29 is 18.7 Å². The molecule has 1 aromatic carbocycles. The van der Waals surface area contributed by atoms with Crippen molar-refractivity contribution in [3.63, 3.8) is 0 Å². The lowest BCUT2D eigenvalue weighted by molar-refractivity contribution is 0.0697. The number of aryl methyl sites for hydroxylation is 1. The second-order valence-electron chi connectivity index (χ2n) is 3.66. The third-order valence-corrected chi connectivity index (χ3v) is 2.46. The van der Waals surface area contributed by atoms with Crippen molar-refractivity contribution in [1.29, 1.82) is 0 Å². The third kappa shape index (κ3) is 1.79. The first-order valence-corrected chi connectivity index (χ1v) is 4.95. The minimum Gasteiger partial charge on any atom is -0.477 e. The van der Waals surface area contributed by atoms with Crippen molar-refractivity contribution in [2.24, 2.45) is 0 Å². The van der Waals surface area contributed by atoms with Crippen LogP contribution in [0.15, 0.2) is 18.2 Å². The smallest absolute Gasteiger partial charge is 0.341 e. The van der Waals surface area contributed by atoms with E-state index >= 15 is 0 Å². The van der Waals surface area contributed by atoms with Crippen LogP contribution in [0.4, 0.5) is 14.6 Å². The fraction of sp³-hybridized carbons (Fsp3) is 0.0909. The molecule has 1 aromatic heterocycles. The van der Waals surface area contributed by atoms with Gasteiger partial charge in [0.15, 0.2) is 11.6 Å². The molecule has 0 aliphatic heterocycles. The molecule has 18 heavy (non-hydrogen) atoms. The Morgan fingerprint density at radius 3 is 2.56 bits per heavy atom. The standard InChI is InChI=1S/C11H9F2N3O2/c1-5-9(11(17)18)10(14)16(15-5)6-2-3-7(12)8(13)4-6/h2-4H,14H2,1H3,(H,17,18). The molecule has 0 bridgehead atoms. The fourth-order valence-corrected chi connectivity index (χ4v) is 1.62. The van der Waals surface area contributed by atoms with E-state index in [2.05, 4.69) is 5.10 Å². The molecule has 0 aliphatic carbocycles. The molecule has 0 unspecified atom stereocenters. The highest BCUT2D eigenvalue weighted by Crippen LogP contribution is 2.21. The first kappa shape index (κ1) is 12.0. The van der Waals surface area contributed by atoms with Gasteiger partial charge in [-0.15, -0.1) is 0 Å². The largest absolute Gasteiger partial charge is 0.477 e. The summed E-state index contributed by atoms with van der Waals surface area (Å²) in [5.74, 6) is -3.42. The number of carboxylic acid groups (broad SMARTS) is 1. The summed E-state index contributed by atoms with van der Waals surface area (Å²) >= 11 is 0. The summed E-state index contributed by atoms with van der Waals surface area (Å²) in [6, 6.07) is 3.07. The van der Waals surface area contributed by atoms with Gasteiger partial charge in [-0.05, 0) is 19.1 Å². The van der Waals surface area contributed by atoms with Crippen LogP contribution in [-0.2, 0) is 0 Å². The lowest BCUT2D eigenvalue weighted by atomic mass is 10.2. The van der Waals surface area contributed by atoms with Crippen LogP contribution in [0.1, 0.15) is 16.1 Å². The van der Waals surface area contributed by atoms with Gasteiger partial charge in [-0.3, -0.25) is 0 Å². The van der Waals surface area contributed by atoms with Gasteiger partial charge in [0.25, 0.3) is 0 Å². The molecule has 5 nitrogen and oxygen atoms in total. The number of aromatic nitrogens is 2. The Kier molecular flexibility index (Phi) is 2.74. The molecular weight excluding hydrogens is 244 g/mol. The number of halogens is 2. The van der Waals surface area contributed by atoms with E-state index in [1.807, 2.05) is 0 Å². The molecule has 7 heteroatoms. The zero-order chi connectivity index (χ0) is 13.4. The number of carbonyl (C=O) groups is 1. The highest BCUT2D eigenvalue weighted by atomic mass is 19.2. The van der Waals surface area contributed by atoms with E-state index in [0.717, 1.165) is 16.8 Å². The number of nitrogens with zero attached hydrogens (tertiary/aromatic N) is 2. The Morgan fingerprint density at radius 1 is 1.39 bits per heavy atom. The zero-order valence-electron chi connectivity index (χ0n) is 9.32. The van der Waals surface area contributed by atoms with E-state index in [0.29, 0.717) is 0 Å². The molecule has 0 atom stereocenters. The number of hydrogen-bond acceptors (Lipinski definition) is 3. The van der Waals surface area contributed by atoms with Gasteiger partial charge in [-0.25, -0.2) is 18.3 Å². The first-order chi connectivity index (χ1) is 8.41. The molecule has 94 valence electrons. The number of rotatable bonds is 2. The van der Waals surface area contributed by atoms with Crippen molar-refractivity contribution in [3.05, 3.63) is 41.1 Å². The maximum Gasteiger partial charge on any atom is 0.341 e. The Bertz CT molecular complexity index is 637. The van der Waals surface area contributed by atoms with E-state index in [4.69, 9.17) is 10.8 Å². The van der Waals surface area contributed by atoms with Crippen LogP contribution in [0.5, 0.6) is 0 Å². The van der Waals surface area contributed by atoms with E-state index in [9.17, 15) is 13.6 Å². The predicted molar refractivity (Wildman–Crippen MR) is 59.6 cm³/mol. The van der Waals surface area contributed by atoms with E-state index in [-0.39, 0.29) is 22.8 Å². The maximum atomic E-state index is 13.1. The van der Waals surface area contributed by atoms with Crippen LogP contribution < -0.4 is 5.73 Å². The average Bonchev–Trinajstić information content (AvgIpc) is 2.58. The van der Waals surface area contributed by atoms with Gasteiger partial charge >= 0.3 is 5.97 Å². The monoisotopic (exact) mass is 253 g/mol. The number of nitrogens with two attached hydrogens (primary N) is 1. The molecule has 0 fully saturated rings. The topological polar surface area (TPSA) is 81.1 Å². The molecule has 2 rings (SSSR count). The normalized spacial score (nSPS) is 10.6. The van der Waals surface area contributed by atoms with E-state index in [1.165, 1.54) is 13.0 Å². The molecule has 0 radical (unpaired) electrons. The Morgan fingerprint density at radius 2 is 2.06 bits per heavy atom. The number of anilines is 1. The summed E-state index contributed by atoms with van der Waals surface area (Å²) in [5, 5.41) is 12.8. The van der Waals surface area contributed by atoms with Crippen LogP contribution in [-0.4, -0.2) is 20.9 Å². The molecule has 2 aromatic rings. The van der Waals surface area contributed by atoms with Crippen LogP contribution in [0.25, 0.3) is 5.69 Å². The Hall–Kier alpha value is -2.44. The molecule has 0 saturated carbocycles. The number of nitrogen functional groups attached to an aromatic ring is 1. The van der Waals surface area contributed by atoms with Crippen LogP contribution in [0.2, 0.25) is 0 Å². The van der Waals surface area contributed by atoms with Crippen LogP contribution >= 0.6 is 0 Å². The zero-order valence-corrected chi connectivity index (χ0v) is 9.32. The summed E-state index contributed by atoms with van der Waals surface area (Å²) < 4.78 is 26.9. The highest BCUT2D eigenvalue weighted by molar-refractivity contribution is 5.94. The van der Waals surface area contributed by atoms with Crippen molar-refractivity contribution in [1.82, 2.24) is 9.78 Å². The Labute approximate surface area is 100 Å². The minimum absolute atomic E-state index is 0.133. The molecule has 0 spiro atoms. The minimum atomic E-state index is -1.22. The van der Waals surface area contributed by atoms with E-state index < -0.39 is 17.6 Å². The van der Waals surface area contributed by atoms with Gasteiger partial charge in [0.1, 0.15) is 11.4 Å². The van der Waals surface area contributed by atoms with Crippen molar-refractivity contribution >= 4 is 11.8 Å². The average molecular weight is 253 g/mol. The quantitative estimate of drug-likeness (QED) is 0.854. The van der Waals surface area contributed by atoms with Gasteiger partial charge in [0.2, 0.25) is 0 Å². The molecular formula is C11H9F2N3O2. The van der Waals surface area contributed by atoms with Crippen molar-refractivity contribution in [2.75, 3.05) is 5.73 Å². The number of carboxylic acids is 1. The van der Waals surface area contributed by atoms with Gasteiger partial charge < -0.3 is 10.8 Å². The van der Waals surface area contributed by atoms with Crippen LogP contribution in [0, 0.1) is 18.6 Å². The summed E-state index contributed by atoms with van der Waals surface area (Å²) in [6.07, 6.45) is 0. The number of hydrogen-bond donors (Lipinski definition) is 2. The first-order valence-electron chi connectivity index (χ1n) is 4.95. The third-order valence-electron chi connectivity index (χ3n) is 2.46. The van der Waals surface area contributed by atoms with Gasteiger partial charge in [-0.1, -0.05) is 0 Å². The Balaban J connectivity index is 2.61. The van der Waals surface area contributed by atoms with Gasteiger partial charge in [-0.2, -0.15) is 5.10 Å².